The Labute approximate surface area is 111 Å². The van der Waals surface area contributed by atoms with Crippen LogP contribution in [0.25, 0.3) is 0 Å². The second-order valence-corrected chi connectivity index (χ2v) is 4.96. The van der Waals surface area contributed by atoms with Gasteiger partial charge in [0.05, 0.1) is 13.0 Å². The van der Waals surface area contributed by atoms with Gasteiger partial charge in [-0.1, -0.05) is 6.58 Å². The molecular formula is C12H18O5S. The minimum absolute atomic E-state index is 0.0158. The lowest BCUT2D eigenvalue weighted by Gasteiger charge is -2.19. The Kier molecular flexibility index (Phi) is 7.52. The van der Waals surface area contributed by atoms with Crippen molar-refractivity contribution in [3.63, 3.8) is 0 Å². The number of ether oxygens (including phenoxy) is 3. The highest BCUT2D eigenvalue weighted by Crippen LogP contribution is 2.18. The number of carbonyl (C=O) groups excluding carboxylic acids is 2. The van der Waals surface area contributed by atoms with Gasteiger partial charge in [0.15, 0.2) is 5.44 Å². The topological polar surface area (TPSA) is 61.8 Å². The van der Waals surface area contributed by atoms with E-state index in [0.29, 0.717) is 13.2 Å². The highest BCUT2D eigenvalue weighted by Gasteiger charge is 2.17. The summed E-state index contributed by atoms with van der Waals surface area (Å²) in [6.45, 7) is 4.41. The van der Waals surface area contributed by atoms with Gasteiger partial charge in [0.25, 0.3) is 0 Å². The largest absolute Gasteiger partial charge is 0.462 e. The fraction of sp³-hybridized carbons (Fsp3) is 0.667. The monoisotopic (exact) mass is 274 g/mol. The Morgan fingerprint density at radius 3 is 3.06 bits per heavy atom. The van der Waals surface area contributed by atoms with Crippen LogP contribution in [0, 0.1) is 0 Å². The summed E-state index contributed by atoms with van der Waals surface area (Å²) in [7, 11) is 0. The van der Waals surface area contributed by atoms with Crippen molar-refractivity contribution >= 4 is 23.7 Å². The van der Waals surface area contributed by atoms with Crippen molar-refractivity contribution in [1.29, 1.82) is 0 Å². The first-order valence-corrected chi connectivity index (χ1v) is 6.95. The van der Waals surface area contributed by atoms with Crippen LogP contribution in [0.1, 0.15) is 19.3 Å². The SMILES string of the molecule is C=CC(=O)OCCC(=O)OC1COCCCCS1. The molecule has 102 valence electrons. The summed E-state index contributed by atoms with van der Waals surface area (Å²) in [5.41, 5.74) is -0.257. The second kappa shape index (κ2) is 8.99. The molecule has 0 aromatic carbocycles. The van der Waals surface area contributed by atoms with Crippen LogP contribution in [-0.4, -0.2) is 42.9 Å². The first-order valence-electron chi connectivity index (χ1n) is 5.90. The molecule has 1 rings (SSSR count). The molecule has 0 radical (unpaired) electrons. The molecule has 0 N–H and O–H groups in total. The molecule has 18 heavy (non-hydrogen) atoms. The van der Waals surface area contributed by atoms with Crippen LogP contribution < -0.4 is 0 Å². The fourth-order valence-electron chi connectivity index (χ4n) is 1.32. The molecule has 0 saturated carbocycles. The van der Waals surface area contributed by atoms with E-state index in [2.05, 4.69) is 6.58 Å². The predicted molar refractivity (Wildman–Crippen MR) is 68.2 cm³/mol. The molecule has 1 fully saturated rings. The van der Waals surface area contributed by atoms with Gasteiger partial charge in [0, 0.05) is 12.7 Å². The van der Waals surface area contributed by atoms with Gasteiger partial charge < -0.3 is 14.2 Å². The van der Waals surface area contributed by atoms with E-state index >= 15 is 0 Å². The summed E-state index contributed by atoms with van der Waals surface area (Å²) in [5, 5.41) is 0. The molecule has 0 spiro atoms. The lowest BCUT2D eigenvalue weighted by molar-refractivity contribution is -0.150. The third-order valence-electron chi connectivity index (χ3n) is 2.22. The van der Waals surface area contributed by atoms with Crippen LogP contribution in [0.3, 0.4) is 0 Å². The lowest BCUT2D eigenvalue weighted by atomic mass is 10.4. The molecule has 1 heterocycles. The molecule has 0 aromatic rings. The number of hydrogen-bond donors (Lipinski definition) is 0. The van der Waals surface area contributed by atoms with Gasteiger partial charge in [-0.25, -0.2) is 4.79 Å². The normalized spacial score (nSPS) is 20.3. The maximum Gasteiger partial charge on any atom is 0.330 e. The smallest absolute Gasteiger partial charge is 0.330 e. The molecule has 0 aromatic heterocycles. The zero-order valence-electron chi connectivity index (χ0n) is 10.3. The molecule has 1 aliphatic heterocycles. The predicted octanol–water partition coefficient (Wildman–Crippen LogP) is 1.52. The van der Waals surface area contributed by atoms with E-state index in [1.165, 1.54) is 0 Å². The molecule has 1 saturated heterocycles. The Morgan fingerprint density at radius 2 is 2.28 bits per heavy atom. The molecule has 0 amide bonds. The van der Waals surface area contributed by atoms with Crippen molar-refractivity contribution in [2.24, 2.45) is 0 Å². The molecule has 1 aliphatic rings. The summed E-state index contributed by atoms with van der Waals surface area (Å²) in [6, 6.07) is 0. The van der Waals surface area contributed by atoms with E-state index in [1.807, 2.05) is 0 Å². The van der Waals surface area contributed by atoms with Gasteiger partial charge in [0.2, 0.25) is 0 Å². The molecule has 6 heteroatoms. The summed E-state index contributed by atoms with van der Waals surface area (Å²) >= 11 is 1.58. The first kappa shape index (κ1) is 15.0. The Hall–Kier alpha value is -1.01. The highest BCUT2D eigenvalue weighted by molar-refractivity contribution is 7.99. The van der Waals surface area contributed by atoms with Gasteiger partial charge in [-0.2, -0.15) is 0 Å². The third-order valence-corrected chi connectivity index (χ3v) is 3.35. The minimum Gasteiger partial charge on any atom is -0.462 e. The van der Waals surface area contributed by atoms with Crippen molar-refractivity contribution < 1.29 is 23.8 Å². The Morgan fingerprint density at radius 1 is 1.44 bits per heavy atom. The first-order chi connectivity index (χ1) is 8.72. The van der Waals surface area contributed by atoms with Crippen LogP contribution in [0.4, 0.5) is 0 Å². The number of rotatable bonds is 5. The average molecular weight is 274 g/mol. The van der Waals surface area contributed by atoms with E-state index in [0.717, 1.165) is 24.7 Å². The van der Waals surface area contributed by atoms with Crippen molar-refractivity contribution in [1.82, 2.24) is 0 Å². The quantitative estimate of drug-likeness (QED) is 0.559. The van der Waals surface area contributed by atoms with Gasteiger partial charge >= 0.3 is 11.9 Å². The summed E-state index contributed by atoms with van der Waals surface area (Å²) in [5.74, 6) is 0.0484. The summed E-state index contributed by atoms with van der Waals surface area (Å²) in [6.07, 6.45) is 3.22. The Bertz CT molecular complexity index is 284. The van der Waals surface area contributed by atoms with Crippen LogP contribution in [0.15, 0.2) is 12.7 Å². The van der Waals surface area contributed by atoms with Crippen molar-refractivity contribution in [3.8, 4) is 0 Å². The van der Waals surface area contributed by atoms with Crippen molar-refractivity contribution in [2.75, 3.05) is 25.6 Å². The van der Waals surface area contributed by atoms with E-state index in [9.17, 15) is 9.59 Å². The molecule has 0 bridgehead atoms. The molecule has 1 unspecified atom stereocenters. The van der Waals surface area contributed by atoms with Crippen LogP contribution in [0.5, 0.6) is 0 Å². The van der Waals surface area contributed by atoms with E-state index in [1.54, 1.807) is 11.8 Å². The average Bonchev–Trinajstić information content (AvgIpc) is 2.32. The highest BCUT2D eigenvalue weighted by atomic mass is 32.2. The van der Waals surface area contributed by atoms with Gasteiger partial charge in [0.1, 0.15) is 6.61 Å². The Balaban J connectivity index is 2.17. The van der Waals surface area contributed by atoms with Crippen LogP contribution in [0.2, 0.25) is 0 Å². The number of thioether (sulfide) groups is 1. The summed E-state index contributed by atoms with van der Waals surface area (Å²) < 4.78 is 15.3. The molecule has 5 nitrogen and oxygen atoms in total. The van der Waals surface area contributed by atoms with Gasteiger partial charge in [-0.3, -0.25) is 4.79 Å². The van der Waals surface area contributed by atoms with Crippen LogP contribution in [-0.2, 0) is 23.8 Å². The van der Waals surface area contributed by atoms with E-state index < -0.39 is 5.97 Å². The maximum absolute atomic E-state index is 11.5. The number of carbonyl (C=O) groups is 2. The van der Waals surface area contributed by atoms with Gasteiger partial charge in [-0.15, -0.1) is 11.8 Å². The molecular weight excluding hydrogens is 256 g/mol. The third kappa shape index (κ3) is 6.66. The molecule has 0 aliphatic carbocycles. The molecule has 1 atom stereocenters. The zero-order valence-corrected chi connectivity index (χ0v) is 11.1. The number of esters is 2. The second-order valence-electron chi connectivity index (χ2n) is 3.69. The van der Waals surface area contributed by atoms with Crippen LogP contribution >= 0.6 is 11.8 Å². The maximum atomic E-state index is 11.5. The standard InChI is InChI=1S/C12H18O5S/c1-2-10(13)16-7-5-11(14)17-12-9-15-6-3-4-8-18-12/h2,12H,1,3-9H2. The number of hydrogen-bond acceptors (Lipinski definition) is 6. The lowest BCUT2D eigenvalue weighted by Crippen LogP contribution is -2.23. The zero-order chi connectivity index (χ0) is 13.2. The van der Waals surface area contributed by atoms with Crippen molar-refractivity contribution in [2.45, 2.75) is 24.7 Å². The minimum atomic E-state index is -0.536. The fourth-order valence-corrected chi connectivity index (χ4v) is 2.32. The van der Waals surface area contributed by atoms with Crippen molar-refractivity contribution in [3.05, 3.63) is 12.7 Å². The van der Waals surface area contributed by atoms with E-state index in [-0.39, 0.29) is 24.4 Å². The van der Waals surface area contributed by atoms with Gasteiger partial charge in [-0.05, 0) is 18.6 Å². The van der Waals surface area contributed by atoms with E-state index in [4.69, 9.17) is 14.2 Å². The summed E-state index contributed by atoms with van der Waals surface area (Å²) in [4.78, 5) is 22.2.